The minimum absolute atomic E-state index is 0.0117. The monoisotopic (exact) mass is 424 g/mol. The summed E-state index contributed by atoms with van der Waals surface area (Å²) in [5, 5.41) is 0. The maximum Gasteiger partial charge on any atom is 0.419 e. The van der Waals surface area contributed by atoms with Crippen LogP contribution in [0.15, 0.2) is 42.7 Å². The van der Waals surface area contributed by atoms with Crippen molar-refractivity contribution in [2.24, 2.45) is 0 Å². The molecule has 0 unspecified atom stereocenters. The van der Waals surface area contributed by atoms with Crippen LogP contribution in [0.2, 0.25) is 0 Å². The average molecular weight is 424 g/mol. The van der Waals surface area contributed by atoms with Crippen LogP contribution in [0.1, 0.15) is 40.9 Å². The van der Waals surface area contributed by atoms with Crippen LogP contribution in [0.25, 0.3) is 0 Å². The first-order valence-electron chi connectivity index (χ1n) is 9.97. The van der Waals surface area contributed by atoms with Crippen LogP contribution in [0.3, 0.4) is 0 Å². The third-order valence-electron chi connectivity index (χ3n) is 5.50. The van der Waals surface area contributed by atoms with Crippen LogP contribution in [-0.2, 0) is 11.3 Å². The van der Waals surface area contributed by atoms with E-state index in [-0.39, 0.29) is 12.5 Å². The van der Waals surface area contributed by atoms with Crippen molar-refractivity contribution in [1.29, 1.82) is 0 Å². The van der Waals surface area contributed by atoms with E-state index < -0.39 is 6.09 Å². The van der Waals surface area contributed by atoms with Gasteiger partial charge in [0.05, 0.1) is 21.3 Å². The maximum absolute atomic E-state index is 12.9. The molecule has 0 saturated carbocycles. The minimum Gasteiger partial charge on any atom is -0.493 e. The fourth-order valence-corrected chi connectivity index (χ4v) is 3.66. The van der Waals surface area contributed by atoms with Gasteiger partial charge in [0.1, 0.15) is 12.4 Å². The summed E-state index contributed by atoms with van der Waals surface area (Å²) in [5.74, 6) is 2.00. The third kappa shape index (κ3) is 4.35. The minimum atomic E-state index is -0.513. The van der Waals surface area contributed by atoms with Crippen molar-refractivity contribution in [2.75, 3.05) is 21.3 Å². The lowest BCUT2D eigenvalue weighted by atomic mass is 9.93. The van der Waals surface area contributed by atoms with Crippen LogP contribution < -0.4 is 14.2 Å². The van der Waals surface area contributed by atoms with E-state index in [1.54, 1.807) is 31.6 Å². The number of aryl methyl sites for hydroxylation is 1. The summed E-state index contributed by atoms with van der Waals surface area (Å²) in [6, 6.07) is 9.68. The molecule has 1 aromatic heterocycles. The molecule has 0 fully saturated rings. The van der Waals surface area contributed by atoms with Crippen LogP contribution >= 0.6 is 0 Å². The lowest BCUT2D eigenvalue weighted by Gasteiger charge is -2.18. The van der Waals surface area contributed by atoms with Gasteiger partial charge in [0.25, 0.3) is 0 Å². The van der Waals surface area contributed by atoms with E-state index in [1.165, 1.54) is 29.9 Å². The first-order valence-corrected chi connectivity index (χ1v) is 9.97. The number of aromatic nitrogens is 2. The van der Waals surface area contributed by atoms with E-state index in [0.29, 0.717) is 28.6 Å². The van der Waals surface area contributed by atoms with Crippen molar-refractivity contribution >= 4 is 6.09 Å². The SMILES string of the molecule is COc1ccc(COC(=O)n2ccnc2[C@@H](C)c2cccc(C)c2C)c(OC)c1OC. The van der Waals surface area contributed by atoms with E-state index in [4.69, 9.17) is 18.9 Å². The van der Waals surface area contributed by atoms with Gasteiger partial charge in [0.2, 0.25) is 5.75 Å². The van der Waals surface area contributed by atoms with Crippen LogP contribution in [-0.4, -0.2) is 37.0 Å². The Kier molecular flexibility index (Phi) is 6.84. The Hall–Kier alpha value is -3.48. The zero-order chi connectivity index (χ0) is 22.5. The molecule has 31 heavy (non-hydrogen) atoms. The summed E-state index contributed by atoms with van der Waals surface area (Å²) in [5.41, 5.74) is 4.18. The molecular weight excluding hydrogens is 396 g/mol. The van der Waals surface area contributed by atoms with Crippen LogP contribution in [0.4, 0.5) is 4.79 Å². The highest BCUT2D eigenvalue weighted by Gasteiger charge is 2.22. The smallest absolute Gasteiger partial charge is 0.419 e. The van der Waals surface area contributed by atoms with Crippen LogP contribution in [0.5, 0.6) is 17.2 Å². The van der Waals surface area contributed by atoms with Crippen molar-refractivity contribution in [3.63, 3.8) is 0 Å². The summed E-state index contributed by atoms with van der Waals surface area (Å²) in [4.78, 5) is 17.3. The zero-order valence-corrected chi connectivity index (χ0v) is 18.8. The van der Waals surface area contributed by atoms with Gasteiger partial charge in [-0.15, -0.1) is 0 Å². The summed E-state index contributed by atoms with van der Waals surface area (Å²) in [6.07, 6.45) is 2.71. The number of carbonyl (C=O) groups is 1. The van der Waals surface area contributed by atoms with E-state index >= 15 is 0 Å². The highest BCUT2D eigenvalue weighted by molar-refractivity contribution is 5.71. The number of methoxy groups -OCH3 is 3. The van der Waals surface area contributed by atoms with Crippen LogP contribution in [0, 0.1) is 13.8 Å². The molecule has 1 heterocycles. The van der Waals surface area contributed by atoms with E-state index in [1.807, 2.05) is 13.0 Å². The Labute approximate surface area is 182 Å². The number of nitrogens with zero attached hydrogens (tertiary/aromatic N) is 2. The summed E-state index contributed by atoms with van der Waals surface area (Å²) < 4.78 is 23.2. The Balaban J connectivity index is 1.82. The molecule has 164 valence electrons. The van der Waals surface area contributed by atoms with Gasteiger partial charge in [-0.1, -0.05) is 25.1 Å². The van der Waals surface area contributed by atoms with Gasteiger partial charge >= 0.3 is 6.09 Å². The predicted molar refractivity (Wildman–Crippen MR) is 117 cm³/mol. The molecule has 1 atom stereocenters. The quantitative estimate of drug-likeness (QED) is 0.539. The fraction of sp³-hybridized carbons (Fsp3) is 0.333. The van der Waals surface area contributed by atoms with E-state index in [2.05, 4.69) is 31.0 Å². The summed E-state index contributed by atoms with van der Waals surface area (Å²) in [7, 11) is 4.61. The lowest BCUT2D eigenvalue weighted by Crippen LogP contribution is -2.18. The highest BCUT2D eigenvalue weighted by atomic mass is 16.6. The first kappa shape index (κ1) is 22.2. The molecule has 0 aliphatic heterocycles. The number of ether oxygens (including phenoxy) is 4. The number of hydrogen-bond acceptors (Lipinski definition) is 6. The molecular formula is C24H28N2O5. The normalized spacial score (nSPS) is 11.7. The average Bonchev–Trinajstić information content (AvgIpc) is 3.28. The standard InChI is InChI=1S/C24H28N2O5/c1-15-8-7-9-19(16(15)2)17(3)23-25-12-13-26(23)24(27)31-14-18-10-11-20(28-4)22(30-6)21(18)29-5/h7-13,17H,14H2,1-6H3/t17-/m0/s1. The van der Waals surface area contributed by atoms with Crippen molar-refractivity contribution < 1.29 is 23.7 Å². The van der Waals surface area contributed by atoms with Crippen molar-refractivity contribution in [3.8, 4) is 17.2 Å². The Bertz CT molecular complexity index is 1070. The number of hydrogen-bond donors (Lipinski definition) is 0. The number of benzene rings is 2. The first-order chi connectivity index (χ1) is 14.9. The van der Waals surface area contributed by atoms with Gasteiger partial charge in [0.15, 0.2) is 11.5 Å². The number of rotatable bonds is 7. The molecule has 0 bridgehead atoms. The second-order valence-electron chi connectivity index (χ2n) is 7.21. The fourth-order valence-electron chi connectivity index (χ4n) is 3.66. The Morgan fingerprint density at radius 1 is 1.03 bits per heavy atom. The molecule has 0 amide bonds. The summed E-state index contributed by atoms with van der Waals surface area (Å²) >= 11 is 0. The molecule has 0 saturated heterocycles. The Morgan fingerprint density at radius 2 is 1.77 bits per heavy atom. The molecule has 0 radical (unpaired) electrons. The summed E-state index contributed by atoms with van der Waals surface area (Å²) in [6.45, 7) is 6.20. The number of carbonyl (C=O) groups excluding carboxylic acids is 1. The molecule has 2 aromatic carbocycles. The van der Waals surface area contributed by atoms with Crippen molar-refractivity contribution in [3.05, 3.63) is 70.8 Å². The topological polar surface area (TPSA) is 71.8 Å². The molecule has 0 N–H and O–H groups in total. The lowest BCUT2D eigenvalue weighted by molar-refractivity contribution is 0.139. The third-order valence-corrected chi connectivity index (χ3v) is 5.50. The van der Waals surface area contributed by atoms with Gasteiger partial charge in [-0.05, 0) is 42.7 Å². The van der Waals surface area contributed by atoms with Gasteiger partial charge in [-0.2, -0.15) is 0 Å². The second kappa shape index (κ2) is 9.55. The highest BCUT2D eigenvalue weighted by Crippen LogP contribution is 2.40. The molecule has 3 rings (SSSR count). The van der Waals surface area contributed by atoms with Gasteiger partial charge in [0, 0.05) is 23.9 Å². The molecule has 0 aliphatic carbocycles. The molecule has 0 aliphatic rings. The van der Waals surface area contributed by atoms with Crippen molar-refractivity contribution in [1.82, 2.24) is 9.55 Å². The van der Waals surface area contributed by atoms with Gasteiger partial charge in [-0.3, -0.25) is 0 Å². The predicted octanol–water partition coefficient (Wildman–Crippen LogP) is 4.86. The molecule has 0 spiro atoms. The zero-order valence-electron chi connectivity index (χ0n) is 18.8. The van der Waals surface area contributed by atoms with Crippen molar-refractivity contribution in [2.45, 2.75) is 33.3 Å². The Morgan fingerprint density at radius 3 is 2.45 bits per heavy atom. The maximum atomic E-state index is 12.9. The molecule has 7 nitrogen and oxygen atoms in total. The molecule has 7 heteroatoms. The number of imidazole rings is 1. The van der Waals surface area contributed by atoms with E-state index in [0.717, 1.165) is 5.56 Å². The molecule has 3 aromatic rings. The van der Waals surface area contributed by atoms with Gasteiger partial charge < -0.3 is 18.9 Å². The van der Waals surface area contributed by atoms with Gasteiger partial charge in [-0.25, -0.2) is 14.3 Å². The second-order valence-corrected chi connectivity index (χ2v) is 7.21. The largest absolute Gasteiger partial charge is 0.493 e. The van der Waals surface area contributed by atoms with E-state index in [9.17, 15) is 4.79 Å².